The Balaban J connectivity index is 2.14. The van der Waals surface area contributed by atoms with Crippen LogP contribution in [0.25, 0.3) is 5.69 Å². The van der Waals surface area contributed by atoms with Crippen molar-refractivity contribution in [2.24, 2.45) is 0 Å². The predicted molar refractivity (Wildman–Crippen MR) is 73.2 cm³/mol. The van der Waals surface area contributed by atoms with Gasteiger partial charge in [0.2, 0.25) is 0 Å². The van der Waals surface area contributed by atoms with Crippen molar-refractivity contribution >= 4 is 11.5 Å². The van der Waals surface area contributed by atoms with E-state index >= 15 is 0 Å². The van der Waals surface area contributed by atoms with Gasteiger partial charge in [0, 0.05) is 17.3 Å². The quantitative estimate of drug-likeness (QED) is 0.680. The molecule has 0 radical (unpaired) electrons. The monoisotopic (exact) mass is 274 g/mol. The molecule has 0 unspecified atom stereocenters. The molecule has 20 heavy (non-hydrogen) atoms. The molecule has 0 fully saturated rings. The summed E-state index contributed by atoms with van der Waals surface area (Å²) in [5, 5.41) is 15.4. The summed E-state index contributed by atoms with van der Waals surface area (Å²) in [7, 11) is 1.41. The maximum atomic E-state index is 11.1. The molecule has 1 heterocycles. The minimum atomic E-state index is -0.463. The summed E-state index contributed by atoms with van der Waals surface area (Å²) >= 11 is 0. The van der Waals surface area contributed by atoms with E-state index < -0.39 is 4.92 Å². The SMILES string of the molecule is COc1ccc(-n2nc(N)c3c2CCC3)cc1[N+](=O)[O-]. The third kappa shape index (κ3) is 1.78. The van der Waals surface area contributed by atoms with Crippen molar-refractivity contribution in [1.29, 1.82) is 0 Å². The number of nitrogens with zero attached hydrogens (tertiary/aromatic N) is 3. The zero-order chi connectivity index (χ0) is 14.3. The molecule has 1 aliphatic carbocycles. The zero-order valence-corrected chi connectivity index (χ0v) is 11.0. The van der Waals surface area contributed by atoms with Crippen LogP contribution in [0, 0.1) is 10.1 Å². The minimum absolute atomic E-state index is 0.0779. The van der Waals surface area contributed by atoms with E-state index in [1.165, 1.54) is 13.2 Å². The first kappa shape index (κ1) is 12.5. The molecule has 1 aromatic carbocycles. The molecule has 1 aromatic heterocycles. The third-order valence-electron chi connectivity index (χ3n) is 3.56. The number of benzene rings is 1. The predicted octanol–water partition coefficient (Wildman–Crippen LogP) is 1.86. The van der Waals surface area contributed by atoms with Gasteiger partial charge in [-0.2, -0.15) is 5.10 Å². The Hall–Kier alpha value is -2.57. The van der Waals surface area contributed by atoms with Crippen LogP contribution in [0.5, 0.6) is 5.75 Å². The number of ether oxygens (including phenoxy) is 1. The second-order valence-electron chi connectivity index (χ2n) is 4.69. The normalized spacial score (nSPS) is 13.2. The minimum Gasteiger partial charge on any atom is -0.490 e. The molecule has 0 saturated carbocycles. The van der Waals surface area contributed by atoms with Crippen LogP contribution in [0.4, 0.5) is 11.5 Å². The summed E-state index contributed by atoms with van der Waals surface area (Å²) in [6.45, 7) is 0. The van der Waals surface area contributed by atoms with E-state index in [2.05, 4.69) is 5.10 Å². The highest BCUT2D eigenvalue weighted by Gasteiger charge is 2.23. The Kier molecular flexibility index (Phi) is 2.81. The van der Waals surface area contributed by atoms with Crippen molar-refractivity contribution in [3.8, 4) is 11.4 Å². The number of hydrogen-bond acceptors (Lipinski definition) is 5. The van der Waals surface area contributed by atoms with Crippen LogP contribution in [0.3, 0.4) is 0 Å². The van der Waals surface area contributed by atoms with Crippen LogP contribution >= 0.6 is 0 Å². The fraction of sp³-hybridized carbons (Fsp3) is 0.308. The van der Waals surface area contributed by atoms with Gasteiger partial charge in [-0.15, -0.1) is 0 Å². The number of fused-ring (bicyclic) bond motifs is 1. The number of anilines is 1. The van der Waals surface area contributed by atoms with Crippen molar-refractivity contribution in [1.82, 2.24) is 9.78 Å². The molecule has 2 aromatic rings. The Morgan fingerprint density at radius 3 is 2.95 bits per heavy atom. The second kappa shape index (κ2) is 4.52. The third-order valence-corrected chi connectivity index (χ3v) is 3.56. The summed E-state index contributed by atoms with van der Waals surface area (Å²) in [4.78, 5) is 10.6. The number of nitrogen functional groups attached to an aromatic ring is 1. The van der Waals surface area contributed by atoms with Crippen molar-refractivity contribution in [3.63, 3.8) is 0 Å². The van der Waals surface area contributed by atoms with E-state index in [1.807, 2.05) is 0 Å². The summed E-state index contributed by atoms with van der Waals surface area (Å²) in [6, 6.07) is 4.79. The number of aromatic nitrogens is 2. The standard InChI is InChI=1S/C13H14N4O3/c1-20-12-6-5-8(7-11(12)17(18)19)16-10-4-2-3-9(10)13(14)15-16/h5-7H,2-4H2,1H3,(H2,14,15). The molecule has 0 bridgehead atoms. The highest BCUT2D eigenvalue weighted by atomic mass is 16.6. The van der Waals surface area contributed by atoms with E-state index in [4.69, 9.17) is 10.5 Å². The lowest BCUT2D eigenvalue weighted by molar-refractivity contribution is -0.385. The van der Waals surface area contributed by atoms with Crippen LogP contribution in [-0.2, 0) is 12.8 Å². The molecule has 104 valence electrons. The molecule has 0 amide bonds. The average molecular weight is 274 g/mol. The highest BCUT2D eigenvalue weighted by Crippen LogP contribution is 2.33. The number of rotatable bonds is 3. The van der Waals surface area contributed by atoms with Crippen LogP contribution in [-0.4, -0.2) is 21.8 Å². The number of hydrogen-bond donors (Lipinski definition) is 1. The number of nitro benzene ring substituents is 1. The van der Waals surface area contributed by atoms with Gasteiger partial charge in [0.25, 0.3) is 0 Å². The van der Waals surface area contributed by atoms with Gasteiger partial charge in [-0.3, -0.25) is 10.1 Å². The molecule has 7 nitrogen and oxygen atoms in total. The summed E-state index contributed by atoms with van der Waals surface area (Å²) in [5.74, 6) is 0.742. The fourth-order valence-electron chi connectivity index (χ4n) is 2.63. The zero-order valence-electron chi connectivity index (χ0n) is 11.0. The van der Waals surface area contributed by atoms with Gasteiger partial charge >= 0.3 is 5.69 Å². The van der Waals surface area contributed by atoms with Crippen molar-refractivity contribution in [2.75, 3.05) is 12.8 Å². The molecular formula is C13H14N4O3. The Morgan fingerprint density at radius 2 is 2.25 bits per heavy atom. The number of nitro groups is 1. The summed E-state index contributed by atoms with van der Waals surface area (Å²) in [5.41, 5.74) is 8.55. The van der Waals surface area contributed by atoms with E-state index in [1.54, 1.807) is 16.8 Å². The van der Waals surface area contributed by atoms with E-state index in [-0.39, 0.29) is 11.4 Å². The summed E-state index contributed by atoms with van der Waals surface area (Å²) in [6.07, 6.45) is 2.84. The molecule has 0 aliphatic heterocycles. The summed E-state index contributed by atoms with van der Waals surface area (Å²) < 4.78 is 6.70. The lowest BCUT2D eigenvalue weighted by Crippen LogP contribution is -2.03. The Bertz CT molecular complexity index is 693. The second-order valence-corrected chi connectivity index (χ2v) is 4.69. The molecular weight excluding hydrogens is 260 g/mol. The Labute approximate surface area is 115 Å². The molecule has 0 spiro atoms. The largest absolute Gasteiger partial charge is 0.490 e. The molecule has 0 atom stereocenters. The van der Waals surface area contributed by atoms with Gasteiger partial charge in [0.05, 0.1) is 17.7 Å². The van der Waals surface area contributed by atoms with Crippen molar-refractivity contribution in [2.45, 2.75) is 19.3 Å². The number of methoxy groups -OCH3 is 1. The first-order valence-electron chi connectivity index (χ1n) is 6.31. The van der Waals surface area contributed by atoms with Crippen molar-refractivity contribution < 1.29 is 9.66 Å². The van der Waals surface area contributed by atoms with Gasteiger partial charge in [-0.05, 0) is 31.4 Å². The maximum Gasteiger partial charge on any atom is 0.313 e. The van der Waals surface area contributed by atoms with Crippen LogP contribution in [0.15, 0.2) is 18.2 Å². The van der Waals surface area contributed by atoms with Gasteiger partial charge in [-0.1, -0.05) is 0 Å². The van der Waals surface area contributed by atoms with E-state index in [9.17, 15) is 10.1 Å². The highest BCUT2D eigenvalue weighted by molar-refractivity contribution is 5.56. The van der Waals surface area contributed by atoms with Crippen LogP contribution in [0.2, 0.25) is 0 Å². The van der Waals surface area contributed by atoms with Crippen LogP contribution < -0.4 is 10.5 Å². The number of nitrogens with two attached hydrogens (primary N) is 1. The average Bonchev–Trinajstić information content (AvgIpc) is 3.02. The van der Waals surface area contributed by atoms with E-state index in [0.29, 0.717) is 11.5 Å². The van der Waals surface area contributed by atoms with Crippen LogP contribution in [0.1, 0.15) is 17.7 Å². The first-order chi connectivity index (χ1) is 9.61. The smallest absolute Gasteiger partial charge is 0.313 e. The topological polar surface area (TPSA) is 96.2 Å². The first-order valence-corrected chi connectivity index (χ1v) is 6.31. The maximum absolute atomic E-state index is 11.1. The van der Waals surface area contributed by atoms with Gasteiger partial charge in [-0.25, -0.2) is 4.68 Å². The fourth-order valence-corrected chi connectivity index (χ4v) is 2.63. The van der Waals surface area contributed by atoms with E-state index in [0.717, 1.165) is 30.5 Å². The van der Waals surface area contributed by atoms with Crippen molar-refractivity contribution in [3.05, 3.63) is 39.6 Å². The molecule has 7 heteroatoms. The molecule has 2 N–H and O–H groups in total. The molecule has 0 saturated heterocycles. The van der Waals surface area contributed by atoms with Gasteiger partial charge < -0.3 is 10.5 Å². The molecule has 1 aliphatic rings. The van der Waals surface area contributed by atoms with Gasteiger partial charge in [0.15, 0.2) is 5.75 Å². The molecule has 3 rings (SSSR count). The van der Waals surface area contributed by atoms with Gasteiger partial charge in [0.1, 0.15) is 5.82 Å². The Morgan fingerprint density at radius 1 is 1.45 bits per heavy atom. The lowest BCUT2D eigenvalue weighted by Gasteiger charge is -2.07. The lowest BCUT2D eigenvalue weighted by atomic mass is 10.2.